The van der Waals surface area contributed by atoms with E-state index in [2.05, 4.69) is 20.1 Å². The molecule has 0 fully saturated rings. The summed E-state index contributed by atoms with van der Waals surface area (Å²) >= 11 is -1.90. The van der Waals surface area contributed by atoms with E-state index in [9.17, 15) is 4.91 Å². The van der Waals surface area contributed by atoms with Crippen molar-refractivity contribution in [1.82, 2.24) is 5.01 Å². The molecule has 0 aliphatic heterocycles. The summed E-state index contributed by atoms with van der Waals surface area (Å²) in [5.41, 5.74) is -0.119. The van der Waals surface area contributed by atoms with E-state index in [1.54, 1.807) is 5.01 Å². The summed E-state index contributed by atoms with van der Waals surface area (Å²) < 4.78 is 0.904. The molecule has 0 aromatic heterocycles. The average Bonchev–Trinajstić information content (AvgIpc) is 1.78. The molecular formula is C8H20N2OSn. The summed E-state index contributed by atoms with van der Waals surface area (Å²) in [6.07, 6.45) is 0. The third-order valence-corrected chi connectivity index (χ3v) is 5.06. The van der Waals surface area contributed by atoms with Gasteiger partial charge in [0.2, 0.25) is 0 Å². The molecule has 0 atom stereocenters. The van der Waals surface area contributed by atoms with Gasteiger partial charge in [0.05, 0.1) is 0 Å². The van der Waals surface area contributed by atoms with Crippen LogP contribution in [-0.2, 0) is 0 Å². The molecular weight excluding hydrogens is 259 g/mol. The molecule has 0 unspecified atom stereocenters. The van der Waals surface area contributed by atoms with E-state index in [4.69, 9.17) is 0 Å². The molecule has 0 bridgehead atoms. The van der Waals surface area contributed by atoms with Crippen LogP contribution in [0.3, 0.4) is 0 Å². The average molecular weight is 279 g/mol. The number of nitroso groups, excluding NO2 is 1. The summed E-state index contributed by atoms with van der Waals surface area (Å²) in [5, 5.41) is 4.76. The molecule has 4 heteroatoms. The predicted molar refractivity (Wildman–Crippen MR) is 55.6 cm³/mol. The van der Waals surface area contributed by atoms with Gasteiger partial charge >= 0.3 is 79.3 Å². The van der Waals surface area contributed by atoms with Crippen molar-refractivity contribution in [1.29, 1.82) is 0 Å². The number of rotatable bonds is 3. The van der Waals surface area contributed by atoms with Crippen molar-refractivity contribution in [2.45, 2.75) is 41.1 Å². The number of hydrogen-bond donors (Lipinski definition) is 0. The van der Waals surface area contributed by atoms with Gasteiger partial charge in [-0.3, -0.25) is 0 Å². The molecule has 0 aromatic carbocycles. The summed E-state index contributed by atoms with van der Waals surface area (Å²) in [6, 6.07) is 0. The molecule has 12 heavy (non-hydrogen) atoms. The van der Waals surface area contributed by atoms with E-state index in [1.165, 1.54) is 0 Å². The van der Waals surface area contributed by atoms with Gasteiger partial charge in [-0.25, -0.2) is 0 Å². The fraction of sp³-hybridized carbons (Fsp3) is 1.00. The summed E-state index contributed by atoms with van der Waals surface area (Å²) in [6.45, 7) is 6.06. The maximum atomic E-state index is 10.5. The predicted octanol–water partition coefficient (Wildman–Crippen LogP) is 2.65. The molecule has 0 aliphatic carbocycles. The van der Waals surface area contributed by atoms with Crippen LogP contribution in [0.5, 0.6) is 0 Å². The first-order chi connectivity index (χ1) is 5.17. The summed E-state index contributed by atoms with van der Waals surface area (Å²) in [4.78, 5) is 17.5. The Balaban J connectivity index is 4.30. The molecule has 0 radical (unpaired) electrons. The standard InChI is InChI=1S/C5H11N2O.3CH3.Sn/c1-5(2,3)7(4)6-8;;;;/h4H2,1-3H3;3*1H3;. The Hall–Kier alpha value is 0.199. The SMILES string of the molecule is CC(C)(C)N([CH2][Sn]([CH3])([CH3])[CH3])N=O. The summed E-state index contributed by atoms with van der Waals surface area (Å²) in [5.74, 6) is 0. The molecule has 0 saturated heterocycles. The Morgan fingerprint density at radius 1 is 1.25 bits per heavy atom. The molecule has 0 heterocycles. The van der Waals surface area contributed by atoms with Crippen molar-refractivity contribution < 1.29 is 0 Å². The molecule has 0 rings (SSSR count). The van der Waals surface area contributed by atoms with Crippen molar-refractivity contribution in [3.63, 3.8) is 0 Å². The van der Waals surface area contributed by atoms with Crippen molar-refractivity contribution >= 4 is 18.4 Å². The zero-order chi connectivity index (χ0) is 9.99. The van der Waals surface area contributed by atoms with E-state index < -0.39 is 18.4 Å². The van der Waals surface area contributed by atoms with Crippen LogP contribution in [0.2, 0.25) is 14.8 Å². The number of hydrogen-bond acceptors (Lipinski definition) is 2. The van der Waals surface area contributed by atoms with Gasteiger partial charge in [-0.2, -0.15) is 0 Å². The van der Waals surface area contributed by atoms with Gasteiger partial charge < -0.3 is 0 Å². The molecule has 0 N–H and O–H groups in total. The Kier molecular flexibility index (Phi) is 4.00. The van der Waals surface area contributed by atoms with E-state index in [1.807, 2.05) is 20.8 Å². The van der Waals surface area contributed by atoms with Crippen LogP contribution >= 0.6 is 0 Å². The number of nitrogens with zero attached hydrogens (tertiary/aromatic N) is 2. The Morgan fingerprint density at radius 2 is 1.67 bits per heavy atom. The van der Waals surface area contributed by atoms with E-state index in [-0.39, 0.29) is 5.54 Å². The molecule has 0 amide bonds. The topological polar surface area (TPSA) is 32.7 Å². The first-order valence-corrected chi connectivity index (χ1v) is 14.9. The molecule has 0 saturated carbocycles. The van der Waals surface area contributed by atoms with Gasteiger partial charge in [-0.05, 0) is 0 Å². The van der Waals surface area contributed by atoms with Crippen LogP contribution in [0.15, 0.2) is 5.29 Å². The molecule has 0 spiro atoms. The van der Waals surface area contributed by atoms with Crippen LogP contribution in [0.4, 0.5) is 0 Å². The fourth-order valence-corrected chi connectivity index (χ4v) is 4.92. The monoisotopic (exact) mass is 280 g/mol. The van der Waals surface area contributed by atoms with Crippen molar-refractivity contribution in [3.05, 3.63) is 4.91 Å². The second-order valence-corrected chi connectivity index (χ2v) is 20.9. The first kappa shape index (κ1) is 12.2. The second kappa shape index (κ2) is 3.94. The van der Waals surface area contributed by atoms with Gasteiger partial charge in [0.15, 0.2) is 0 Å². The van der Waals surface area contributed by atoms with Crippen molar-refractivity contribution in [2.24, 2.45) is 5.29 Å². The fourth-order valence-electron chi connectivity index (χ4n) is 0.838. The zero-order valence-corrected chi connectivity index (χ0v) is 11.9. The van der Waals surface area contributed by atoms with Crippen LogP contribution in [0.1, 0.15) is 20.8 Å². The van der Waals surface area contributed by atoms with Gasteiger partial charge in [0, 0.05) is 0 Å². The van der Waals surface area contributed by atoms with E-state index in [0.29, 0.717) is 0 Å². The third kappa shape index (κ3) is 4.95. The van der Waals surface area contributed by atoms with E-state index >= 15 is 0 Å². The Labute approximate surface area is 79.3 Å². The van der Waals surface area contributed by atoms with Crippen LogP contribution in [0, 0.1) is 4.91 Å². The van der Waals surface area contributed by atoms with Crippen LogP contribution in [0.25, 0.3) is 0 Å². The minimum absolute atomic E-state index is 0.119. The van der Waals surface area contributed by atoms with Gasteiger partial charge in [-0.1, -0.05) is 0 Å². The second-order valence-electron chi connectivity index (χ2n) is 5.37. The quantitative estimate of drug-likeness (QED) is 0.452. The van der Waals surface area contributed by atoms with E-state index in [0.717, 1.165) is 4.56 Å². The van der Waals surface area contributed by atoms with Crippen LogP contribution in [-0.4, -0.2) is 33.5 Å². The van der Waals surface area contributed by atoms with Gasteiger partial charge in [0.25, 0.3) is 0 Å². The molecule has 3 nitrogen and oxygen atoms in total. The third-order valence-electron chi connectivity index (χ3n) is 1.50. The Bertz CT molecular complexity index is 157. The molecule has 72 valence electrons. The van der Waals surface area contributed by atoms with Crippen LogP contribution < -0.4 is 0 Å². The normalized spacial score (nSPS) is 12.8. The Morgan fingerprint density at radius 3 is 1.75 bits per heavy atom. The maximum absolute atomic E-state index is 10.5. The minimum atomic E-state index is -1.90. The van der Waals surface area contributed by atoms with Gasteiger partial charge in [0.1, 0.15) is 0 Å². The van der Waals surface area contributed by atoms with Crippen molar-refractivity contribution in [2.75, 3.05) is 4.56 Å². The molecule has 0 aliphatic rings. The first-order valence-electron chi connectivity index (χ1n) is 4.28. The van der Waals surface area contributed by atoms with Gasteiger partial charge in [-0.15, -0.1) is 0 Å². The van der Waals surface area contributed by atoms with Crippen molar-refractivity contribution in [3.8, 4) is 0 Å². The molecule has 0 aromatic rings. The zero-order valence-electron chi connectivity index (χ0n) is 9.01. The summed E-state index contributed by atoms with van der Waals surface area (Å²) in [7, 11) is 0.